The van der Waals surface area contributed by atoms with Crippen LogP contribution in [0.4, 0.5) is 5.69 Å². The number of carbonyl (C=O) groups excluding carboxylic acids is 3. The van der Waals surface area contributed by atoms with E-state index in [1.165, 1.54) is 4.31 Å². The van der Waals surface area contributed by atoms with Gasteiger partial charge in [0.2, 0.25) is 21.8 Å². The van der Waals surface area contributed by atoms with Gasteiger partial charge in [-0.05, 0) is 61.4 Å². The van der Waals surface area contributed by atoms with Crippen LogP contribution in [-0.2, 0) is 19.6 Å². The lowest BCUT2D eigenvalue weighted by Gasteiger charge is -2.34. The topological polar surface area (TPSA) is 95.1 Å². The van der Waals surface area contributed by atoms with Crippen LogP contribution in [0.3, 0.4) is 0 Å². The molecule has 2 aromatic carbocycles. The molecule has 2 heterocycles. The molecule has 3 amide bonds. The molecule has 0 N–H and O–H groups in total. The molecule has 2 aromatic rings. The predicted octanol–water partition coefficient (Wildman–Crippen LogP) is 2.10. The Morgan fingerprint density at radius 3 is 1.97 bits per heavy atom. The van der Waals surface area contributed by atoms with Crippen LogP contribution in [0.1, 0.15) is 34.3 Å². The monoisotopic (exact) mass is 455 g/mol. The molecule has 2 aliphatic heterocycles. The highest BCUT2D eigenvalue weighted by Gasteiger charge is 2.32. The number of rotatable bonds is 4. The summed E-state index contributed by atoms with van der Waals surface area (Å²) in [6.45, 7) is 4.82. The van der Waals surface area contributed by atoms with Gasteiger partial charge in [0.15, 0.2) is 0 Å². The van der Waals surface area contributed by atoms with E-state index < -0.39 is 10.0 Å². The normalized spacial score (nSPS) is 17.8. The number of imide groups is 1. The molecule has 9 heteroatoms. The van der Waals surface area contributed by atoms with Crippen LogP contribution < -0.4 is 4.90 Å². The Morgan fingerprint density at radius 1 is 0.812 bits per heavy atom. The molecule has 168 valence electrons. The minimum atomic E-state index is -3.61. The molecule has 2 saturated heterocycles. The molecular formula is C23H25N3O5S. The minimum Gasteiger partial charge on any atom is -0.336 e. The number of anilines is 1. The smallest absolute Gasteiger partial charge is 0.253 e. The maximum Gasteiger partial charge on any atom is 0.253 e. The number of hydrogen-bond donors (Lipinski definition) is 0. The minimum absolute atomic E-state index is 0.203. The van der Waals surface area contributed by atoms with E-state index >= 15 is 0 Å². The second-order valence-electron chi connectivity index (χ2n) is 8.11. The van der Waals surface area contributed by atoms with Gasteiger partial charge in [-0.2, -0.15) is 4.31 Å². The summed E-state index contributed by atoms with van der Waals surface area (Å²) < 4.78 is 27.4. The molecule has 0 aliphatic carbocycles. The number of carbonyl (C=O) groups is 3. The van der Waals surface area contributed by atoms with E-state index in [2.05, 4.69) is 0 Å². The number of amides is 3. The molecule has 0 spiro atoms. The Balaban J connectivity index is 1.41. The molecule has 0 bridgehead atoms. The lowest BCUT2D eigenvalue weighted by Crippen LogP contribution is -2.50. The summed E-state index contributed by atoms with van der Waals surface area (Å²) in [5, 5.41) is 0. The van der Waals surface area contributed by atoms with Crippen LogP contribution in [0.2, 0.25) is 0 Å². The number of piperazine rings is 1. The van der Waals surface area contributed by atoms with Crippen molar-refractivity contribution < 1.29 is 22.8 Å². The van der Waals surface area contributed by atoms with Gasteiger partial charge in [0.1, 0.15) is 0 Å². The highest BCUT2D eigenvalue weighted by molar-refractivity contribution is 7.89. The fourth-order valence-corrected chi connectivity index (χ4v) is 5.46. The summed E-state index contributed by atoms with van der Waals surface area (Å²) in [6.07, 6.45) is 0.406. The Labute approximate surface area is 187 Å². The van der Waals surface area contributed by atoms with Gasteiger partial charge in [0.05, 0.1) is 10.6 Å². The third-order valence-corrected chi connectivity index (χ3v) is 7.96. The van der Waals surface area contributed by atoms with E-state index in [4.69, 9.17) is 0 Å². The maximum atomic E-state index is 13.0. The molecule has 0 unspecified atom stereocenters. The van der Waals surface area contributed by atoms with Gasteiger partial charge in [-0.15, -0.1) is 0 Å². The summed E-state index contributed by atoms with van der Waals surface area (Å²) >= 11 is 0. The van der Waals surface area contributed by atoms with Gasteiger partial charge in [0, 0.05) is 44.6 Å². The number of aryl methyl sites for hydroxylation is 2. The molecule has 2 aliphatic rings. The lowest BCUT2D eigenvalue weighted by molar-refractivity contribution is -0.121. The molecule has 4 rings (SSSR count). The fraction of sp³-hybridized carbons (Fsp3) is 0.348. The van der Waals surface area contributed by atoms with E-state index in [1.54, 1.807) is 47.4 Å². The van der Waals surface area contributed by atoms with Crippen LogP contribution in [-0.4, -0.2) is 61.5 Å². The van der Waals surface area contributed by atoms with Crippen LogP contribution in [0.15, 0.2) is 47.4 Å². The highest BCUT2D eigenvalue weighted by atomic mass is 32.2. The first-order valence-electron chi connectivity index (χ1n) is 10.5. The van der Waals surface area contributed by atoms with E-state index in [9.17, 15) is 22.8 Å². The molecular weight excluding hydrogens is 430 g/mol. The SMILES string of the molecule is Cc1ccc(S(=O)(=O)N2CCN(C(=O)c3ccc(N4C(=O)CCC4=O)cc3)CC2)cc1C. The Morgan fingerprint density at radius 2 is 1.41 bits per heavy atom. The van der Waals surface area contributed by atoms with Gasteiger partial charge in [0.25, 0.3) is 5.91 Å². The quantitative estimate of drug-likeness (QED) is 0.658. The van der Waals surface area contributed by atoms with E-state index in [0.717, 1.165) is 16.0 Å². The first kappa shape index (κ1) is 22.2. The van der Waals surface area contributed by atoms with Gasteiger partial charge >= 0.3 is 0 Å². The van der Waals surface area contributed by atoms with Crippen molar-refractivity contribution in [3.05, 3.63) is 59.2 Å². The van der Waals surface area contributed by atoms with Crippen molar-refractivity contribution in [3.63, 3.8) is 0 Å². The third kappa shape index (κ3) is 4.05. The second kappa shape index (κ2) is 8.48. The number of nitrogens with zero attached hydrogens (tertiary/aromatic N) is 3. The van der Waals surface area contributed by atoms with Crippen LogP contribution in [0.5, 0.6) is 0 Å². The lowest BCUT2D eigenvalue weighted by atomic mass is 10.1. The molecule has 2 fully saturated rings. The summed E-state index contributed by atoms with van der Waals surface area (Å²) in [5.74, 6) is -0.691. The Hall–Kier alpha value is -3.04. The van der Waals surface area contributed by atoms with Crippen molar-refractivity contribution in [1.29, 1.82) is 0 Å². The van der Waals surface area contributed by atoms with Crippen molar-refractivity contribution in [1.82, 2.24) is 9.21 Å². The van der Waals surface area contributed by atoms with Crippen molar-refractivity contribution in [2.45, 2.75) is 31.6 Å². The first-order valence-corrected chi connectivity index (χ1v) is 11.9. The summed E-state index contributed by atoms with van der Waals surface area (Å²) in [4.78, 5) is 39.7. The van der Waals surface area contributed by atoms with Crippen molar-refractivity contribution in [2.24, 2.45) is 0 Å². The zero-order chi connectivity index (χ0) is 23.0. The van der Waals surface area contributed by atoms with Crippen LogP contribution >= 0.6 is 0 Å². The molecule has 32 heavy (non-hydrogen) atoms. The van der Waals surface area contributed by atoms with Gasteiger partial charge in [-0.3, -0.25) is 19.3 Å². The average Bonchev–Trinajstić information content (AvgIpc) is 3.13. The van der Waals surface area contributed by atoms with Gasteiger partial charge in [-0.1, -0.05) is 6.07 Å². The first-order chi connectivity index (χ1) is 15.2. The number of benzene rings is 2. The van der Waals surface area contributed by atoms with Crippen molar-refractivity contribution >= 4 is 33.4 Å². The van der Waals surface area contributed by atoms with Crippen molar-refractivity contribution in [3.8, 4) is 0 Å². The third-order valence-electron chi connectivity index (χ3n) is 6.07. The zero-order valence-corrected chi connectivity index (χ0v) is 18.9. The van der Waals surface area contributed by atoms with Crippen LogP contribution in [0.25, 0.3) is 0 Å². The number of sulfonamides is 1. The second-order valence-corrected chi connectivity index (χ2v) is 10.1. The largest absolute Gasteiger partial charge is 0.336 e. The summed E-state index contributed by atoms with van der Waals surface area (Å²) in [6, 6.07) is 11.5. The Bertz CT molecular complexity index is 1170. The molecule has 0 atom stereocenters. The van der Waals surface area contributed by atoms with Crippen LogP contribution in [0, 0.1) is 13.8 Å². The standard InChI is InChI=1S/C23H25N3O5S/c1-16-3-8-20(15-17(16)2)32(30,31)25-13-11-24(12-14-25)23(29)18-4-6-19(7-5-18)26-21(27)9-10-22(26)28/h3-8,15H,9-14H2,1-2H3. The zero-order valence-electron chi connectivity index (χ0n) is 18.1. The van der Waals surface area contributed by atoms with Gasteiger partial charge in [-0.25, -0.2) is 8.42 Å². The Kier molecular flexibility index (Phi) is 5.87. The van der Waals surface area contributed by atoms with E-state index in [-0.39, 0.29) is 61.6 Å². The van der Waals surface area contributed by atoms with E-state index in [1.807, 2.05) is 13.8 Å². The molecule has 0 saturated carbocycles. The highest BCUT2D eigenvalue weighted by Crippen LogP contribution is 2.24. The fourth-order valence-electron chi connectivity index (χ4n) is 3.96. The number of hydrogen-bond acceptors (Lipinski definition) is 5. The molecule has 0 aromatic heterocycles. The molecule has 8 nitrogen and oxygen atoms in total. The predicted molar refractivity (Wildman–Crippen MR) is 119 cm³/mol. The van der Waals surface area contributed by atoms with Crippen molar-refractivity contribution in [2.75, 3.05) is 31.1 Å². The van der Waals surface area contributed by atoms with Gasteiger partial charge < -0.3 is 4.90 Å². The molecule has 0 radical (unpaired) electrons. The maximum absolute atomic E-state index is 13.0. The van der Waals surface area contributed by atoms with E-state index in [0.29, 0.717) is 11.3 Å². The summed E-state index contributed by atoms with van der Waals surface area (Å²) in [5.41, 5.74) is 2.83. The summed E-state index contributed by atoms with van der Waals surface area (Å²) in [7, 11) is -3.61. The average molecular weight is 456 g/mol.